The summed E-state index contributed by atoms with van der Waals surface area (Å²) in [5, 5.41) is 5.68. The van der Waals surface area contributed by atoms with E-state index in [0.717, 1.165) is 23.7 Å². The van der Waals surface area contributed by atoms with Crippen molar-refractivity contribution in [3.05, 3.63) is 22.5 Å². The van der Waals surface area contributed by atoms with Crippen molar-refractivity contribution in [3.63, 3.8) is 0 Å². The Morgan fingerprint density at radius 2 is 2.17 bits per heavy atom. The van der Waals surface area contributed by atoms with Crippen LogP contribution in [0.25, 0.3) is 4.96 Å². The first-order valence-electron chi connectivity index (χ1n) is 6.30. The van der Waals surface area contributed by atoms with Crippen molar-refractivity contribution in [2.75, 3.05) is 20.6 Å². The predicted molar refractivity (Wildman–Crippen MR) is 77.4 cm³/mol. The maximum Gasteiger partial charge on any atom is 0.194 e. The van der Waals surface area contributed by atoms with Gasteiger partial charge >= 0.3 is 0 Å². The molecule has 0 aliphatic heterocycles. The summed E-state index contributed by atoms with van der Waals surface area (Å²) >= 11 is 1.71. The minimum Gasteiger partial charge on any atom is -0.310 e. The highest BCUT2D eigenvalue weighted by Gasteiger charge is 2.12. The molecule has 4 nitrogen and oxygen atoms in total. The van der Waals surface area contributed by atoms with Gasteiger partial charge in [-0.05, 0) is 34.9 Å². The van der Waals surface area contributed by atoms with Gasteiger partial charge in [0.05, 0.1) is 11.4 Å². The Morgan fingerprint density at radius 1 is 1.44 bits per heavy atom. The van der Waals surface area contributed by atoms with E-state index in [1.54, 1.807) is 11.3 Å². The van der Waals surface area contributed by atoms with Gasteiger partial charge in [0.15, 0.2) is 4.96 Å². The number of rotatable bonds is 5. The molecule has 2 aromatic rings. The van der Waals surface area contributed by atoms with Crippen molar-refractivity contribution >= 4 is 16.3 Å². The summed E-state index contributed by atoms with van der Waals surface area (Å²) in [6.45, 7) is 8.31. The standard InChI is InChI=1S/C13H22N4S/c1-9(16(4)5)6-14-7-12-11(3)15-13-17(12)10(2)8-18-13/h8-9,14H,6-7H2,1-5H3. The number of fused-ring (bicyclic) bond motifs is 1. The fourth-order valence-electron chi connectivity index (χ4n) is 1.96. The van der Waals surface area contributed by atoms with Crippen molar-refractivity contribution in [1.29, 1.82) is 0 Å². The number of imidazole rings is 1. The molecule has 0 amide bonds. The maximum atomic E-state index is 4.60. The van der Waals surface area contributed by atoms with E-state index in [1.165, 1.54) is 11.4 Å². The van der Waals surface area contributed by atoms with Crippen molar-refractivity contribution in [1.82, 2.24) is 19.6 Å². The Labute approximate surface area is 113 Å². The second-order valence-corrected chi connectivity index (χ2v) is 5.92. The molecular weight excluding hydrogens is 244 g/mol. The van der Waals surface area contributed by atoms with Crippen LogP contribution in [0.3, 0.4) is 0 Å². The first-order valence-corrected chi connectivity index (χ1v) is 7.18. The molecule has 1 unspecified atom stereocenters. The van der Waals surface area contributed by atoms with Crippen molar-refractivity contribution in [3.8, 4) is 0 Å². The number of aryl methyl sites for hydroxylation is 2. The number of nitrogens with one attached hydrogen (secondary N) is 1. The fraction of sp³-hybridized carbons (Fsp3) is 0.615. The zero-order chi connectivity index (χ0) is 13.3. The summed E-state index contributed by atoms with van der Waals surface area (Å²) in [4.78, 5) is 7.92. The van der Waals surface area contributed by atoms with Gasteiger partial charge in [-0.3, -0.25) is 4.40 Å². The van der Waals surface area contributed by atoms with Gasteiger partial charge in [-0.25, -0.2) is 4.98 Å². The largest absolute Gasteiger partial charge is 0.310 e. The van der Waals surface area contributed by atoms with Crippen LogP contribution in [-0.2, 0) is 6.54 Å². The van der Waals surface area contributed by atoms with E-state index in [0.29, 0.717) is 6.04 Å². The minimum atomic E-state index is 0.539. The van der Waals surface area contributed by atoms with Gasteiger partial charge in [0.1, 0.15) is 0 Å². The molecule has 2 heterocycles. The van der Waals surface area contributed by atoms with E-state index in [2.05, 4.69) is 59.8 Å². The molecule has 2 aromatic heterocycles. The third-order valence-corrected chi connectivity index (χ3v) is 4.39. The lowest BCUT2D eigenvalue weighted by atomic mass is 10.3. The molecule has 5 heteroatoms. The number of nitrogens with zero attached hydrogens (tertiary/aromatic N) is 3. The summed E-state index contributed by atoms with van der Waals surface area (Å²) in [5.41, 5.74) is 3.69. The summed E-state index contributed by atoms with van der Waals surface area (Å²) in [6.07, 6.45) is 0. The van der Waals surface area contributed by atoms with E-state index in [-0.39, 0.29) is 0 Å². The van der Waals surface area contributed by atoms with Crippen LogP contribution in [0.2, 0.25) is 0 Å². The van der Waals surface area contributed by atoms with Crippen molar-refractivity contribution in [2.24, 2.45) is 0 Å². The Morgan fingerprint density at radius 3 is 2.83 bits per heavy atom. The van der Waals surface area contributed by atoms with Crippen LogP contribution in [0.15, 0.2) is 5.38 Å². The molecule has 1 N–H and O–H groups in total. The molecule has 0 radical (unpaired) electrons. The molecule has 18 heavy (non-hydrogen) atoms. The van der Waals surface area contributed by atoms with Crippen molar-refractivity contribution in [2.45, 2.75) is 33.4 Å². The lowest BCUT2D eigenvalue weighted by Gasteiger charge is -2.20. The summed E-state index contributed by atoms with van der Waals surface area (Å²) in [6, 6.07) is 0.539. The zero-order valence-corrected chi connectivity index (χ0v) is 12.6. The molecule has 1 atom stereocenters. The van der Waals surface area contributed by atoms with Gasteiger partial charge in [0.2, 0.25) is 0 Å². The topological polar surface area (TPSA) is 32.6 Å². The smallest absolute Gasteiger partial charge is 0.194 e. The quantitative estimate of drug-likeness (QED) is 0.899. The monoisotopic (exact) mass is 266 g/mol. The molecule has 0 saturated carbocycles. The molecular formula is C13H22N4S. The molecule has 0 bridgehead atoms. The summed E-state index contributed by atoms with van der Waals surface area (Å²) in [7, 11) is 4.22. The van der Waals surface area contributed by atoms with E-state index < -0.39 is 0 Å². The highest BCUT2D eigenvalue weighted by Crippen LogP contribution is 2.20. The Hall–Kier alpha value is -0.910. The first kappa shape index (κ1) is 13.5. The fourth-order valence-corrected chi connectivity index (χ4v) is 2.89. The molecule has 0 aliphatic carbocycles. The number of hydrogen-bond donors (Lipinski definition) is 1. The van der Waals surface area contributed by atoms with Crippen LogP contribution in [0, 0.1) is 13.8 Å². The molecule has 0 fully saturated rings. The zero-order valence-electron chi connectivity index (χ0n) is 11.8. The highest BCUT2D eigenvalue weighted by atomic mass is 32.1. The van der Waals surface area contributed by atoms with E-state index in [4.69, 9.17) is 0 Å². The van der Waals surface area contributed by atoms with Crippen LogP contribution in [-0.4, -0.2) is 41.0 Å². The summed E-state index contributed by atoms with van der Waals surface area (Å²) in [5.74, 6) is 0. The molecule has 0 aromatic carbocycles. The van der Waals surface area contributed by atoms with Gasteiger partial charge < -0.3 is 10.2 Å². The van der Waals surface area contributed by atoms with Gasteiger partial charge in [0, 0.05) is 30.2 Å². The average Bonchev–Trinajstić information content (AvgIpc) is 2.80. The van der Waals surface area contributed by atoms with E-state index >= 15 is 0 Å². The van der Waals surface area contributed by atoms with Crippen LogP contribution in [0.5, 0.6) is 0 Å². The van der Waals surface area contributed by atoms with Crippen LogP contribution < -0.4 is 5.32 Å². The van der Waals surface area contributed by atoms with E-state index in [9.17, 15) is 0 Å². The van der Waals surface area contributed by atoms with Crippen LogP contribution in [0.4, 0.5) is 0 Å². The normalized spacial score (nSPS) is 13.7. The molecule has 100 valence electrons. The van der Waals surface area contributed by atoms with Gasteiger partial charge in [0.25, 0.3) is 0 Å². The maximum absolute atomic E-state index is 4.60. The van der Waals surface area contributed by atoms with E-state index in [1.807, 2.05) is 0 Å². The third kappa shape index (κ3) is 2.58. The van der Waals surface area contributed by atoms with Gasteiger partial charge in [-0.1, -0.05) is 0 Å². The second-order valence-electron chi connectivity index (χ2n) is 5.08. The van der Waals surface area contributed by atoms with Gasteiger partial charge in [-0.15, -0.1) is 11.3 Å². The highest BCUT2D eigenvalue weighted by molar-refractivity contribution is 7.15. The Balaban J connectivity index is 2.07. The molecule has 2 rings (SSSR count). The number of likely N-dealkylation sites (N-methyl/N-ethyl adjacent to an activating group) is 1. The third-order valence-electron chi connectivity index (χ3n) is 3.44. The Bertz CT molecular complexity index is 526. The summed E-state index contributed by atoms with van der Waals surface area (Å²) < 4.78 is 2.26. The number of aromatic nitrogens is 2. The second kappa shape index (κ2) is 5.38. The molecule has 0 spiro atoms. The SMILES string of the molecule is Cc1nc2scc(C)n2c1CNCC(C)N(C)C. The minimum absolute atomic E-state index is 0.539. The predicted octanol–water partition coefficient (Wildman–Crippen LogP) is 2.05. The average molecular weight is 266 g/mol. The molecule has 0 saturated heterocycles. The van der Waals surface area contributed by atoms with Crippen LogP contribution >= 0.6 is 11.3 Å². The molecule has 0 aliphatic rings. The number of thiazole rings is 1. The van der Waals surface area contributed by atoms with Crippen LogP contribution in [0.1, 0.15) is 24.0 Å². The lowest BCUT2D eigenvalue weighted by Crippen LogP contribution is -2.35. The first-order chi connectivity index (χ1) is 8.50. The number of hydrogen-bond acceptors (Lipinski definition) is 4. The lowest BCUT2D eigenvalue weighted by molar-refractivity contribution is 0.302. The van der Waals surface area contributed by atoms with Crippen molar-refractivity contribution < 1.29 is 0 Å². The van der Waals surface area contributed by atoms with Gasteiger partial charge in [-0.2, -0.15) is 0 Å². The Kier molecular flexibility index (Phi) is 4.04.